The topological polar surface area (TPSA) is 73.8 Å². The van der Waals surface area contributed by atoms with E-state index in [2.05, 4.69) is 30.0 Å². The van der Waals surface area contributed by atoms with Crippen LogP contribution in [0.3, 0.4) is 0 Å². The first-order valence-corrected chi connectivity index (χ1v) is 14.1. The molecule has 0 N–H and O–H groups in total. The molecular weight excluding hydrogens is 468 g/mol. The Morgan fingerprint density at radius 2 is 1.76 bits per heavy atom. The predicted molar refractivity (Wildman–Crippen MR) is 138 cm³/mol. The molecule has 2 aromatic carbocycles. The van der Waals surface area contributed by atoms with E-state index in [0.717, 1.165) is 36.6 Å². The number of thiazole rings is 1. The molecule has 1 aromatic heterocycles. The molecule has 0 saturated carbocycles. The van der Waals surface area contributed by atoms with E-state index in [1.54, 1.807) is 35.6 Å². The number of hydrogen-bond donors (Lipinski definition) is 0. The number of benzene rings is 2. The Bertz CT molecular complexity index is 1250. The van der Waals surface area contributed by atoms with Crippen molar-refractivity contribution in [2.75, 3.05) is 44.2 Å². The van der Waals surface area contributed by atoms with Crippen LogP contribution in [0.2, 0.25) is 0 Å². The van der Waals surface area contributed by atoms with Crippen molar-refractivity contribution in [3.05, 3.63) is 53.6 Å². The summed E-state index contributed by atoms with van der Waals surface area (Å²) in [5.74, 6) is -0.0677. The van der Waals surface area contributed by atoms with Gasteiger partial charge in [-0.2, -0.15) is 4.31 Å². The molecule has 1 aliphatic heterocycles. The number of rotatable bonds is 8. The first-order chi connectivity index (χ1) is 16.3. The zero-order chi connectivity index (χ0) is 24.3. The smallest absolute Gasteiger partial charge is 0.253 e. The number of aryl methyl sites for hydroxylation is 1. The van der Waals surface area contributed by atoms with Crippen LogP contribution in [0.4, 0.5) is 5.13 Å². The molecule has 0 atom stereocenters. The van der Waals surface area contributed by atoms with Crippen molar-refractivity contribution < 1.29 is 13.2 Å². The summed E-state index contributed by atoms with van der Waals surface area (Å²) in [6.07, 6.45) is 1.76. The third-order valence-electron chi connectivity index (χ3n) is 6.22. The molecule has 1 amide bonds. The summed E-state index contributed by atoms with van der Waals surface area (Å²) in [4.78, 5) is 22.1. The van der Waals surface area contributed by atoms with E-state index in [0.29, 0.717) is 31.7 Å². The molecule has 34 heavy (non-hydrogen) atoms. The number of anilines is 1. The van der Waals surface area contributed by atoms with Gasteiger partial charge >= 0.3 is 0 Å². The van der Waals surface area contributed by atoms with Crippen LogP contribution in [0.5, 0.6) is 0 Å². The Kier molecular flexibility index (Phi) is 7.54. The molecule has 0 radical (unpaired) electrons. The fraction of sp³-hybridized carbons (Fsp3) is 0.440. The van der Waals surface area contributed by atoms with Crippen LogP contribution in [0.25, 0.3) is 10.2 Å². The quantitative estimate of drug-likeness (QED) is 0.459. The van der Waals surface area contributed by atoms with Crippen molar-refractivity contribution in [1.82, 2.24) is 14.2 Å². The standard InChI is InChI=1S/C25H32N4O3S2/c1-4-6-13-29(5-2)34(31,32)21-10-8-20(9-11-21)24(30)27-14-16-28(17-15-27)25-26-22-12-7-19(3)18-23(22)33-25/h7-12,18H,4-6,13-17H2,1-3H3. The molecule has 1 saturated heterocycles. The second kappa shape index (κ2) is 10.4. The number of fused-ring (bicyclic) bond motifs is 1. The molecule has 1 aliphatic rings. The highest BCUT2D eigenvalue weighted by atomic mass is 32.2. The zero-order valence-corrected chi connectivity index (χ0v) is 21.7. The molecule has 1 fully saturated rings. The molecule has 4 rings (SSSR count). The highest BCUT2D eigenvalue weighted by molar-refractivity contribution is 7.89. The first-order valence-electron chi connectivity index (χ1n) is 11.8. The van der Waals surface area contributed by atoms with Crippen LogP contribution in [0.1, 0.15) is 42.6 Å². The van der Waals surface area contributed by atoms with Gasteiger partial charge in [-0.3, -0.25) is 4.79 Å². The van der Waals surface area contributed by atoms with Gasteiger partial charge in [-0.25, -0.2) is 13.4 Å². The van der Waals surface area contributed by atoms with Gasteiger partial charge in [0.05, 0.1) is 15.1 Å². The summed E-state index contributed by atoms with van der Waals surface area (Å²) < 4.78 is 28.5. The maximum Gasteiger partial charge on any atom is 0.253 e. The number of sulfonamides is 1. The van der Waals surface area contributed by atoms with E-state index in [9.17, 15) is 13.2 Å². The number of carbonyl (C=O) groups excluding carboxylic acids is 1. The monoisotopic (exact) mass is 500 g/mol. The minimum Gasteiger partial charge on any atom is -0.345 e. The summed E-state index contributed by atoms with van der Waals surface area (Å²) in [6.45, 7) is 9.57. The molecule has 0 aliphatic carbocycles. The summed E-state index contributed by atoms with van der Waals surface area (Å²) in [7, 11) is -3.55. The van der Waals surface area contributed by atoms with Crippen LogP contribution in [-0.4, -0.2) is 67.8 Å². The third kappa shape index (κ3) is 5.11. The average Bonchev–Trinajstić information content (AvgIpc) is 3.27. The van der Waals surface area contributed by atoms with Crippen molar-refractivity contribution in [2.45, 2.75) is 38.5 Å². The van der Waals surface area contributed by atoms with Gasteiger partial charge in [0.1, 0.15) is 0 Å². The maximum absolute atomic E-state index is 13.0. The van der Waals surface area contributed by atoms with Gasteiger partial charge < -0.3 is 9.80 Å². The number of carbonyl (C=O) groups is 1. The van der Waals surface area contributed by atoms with E-state index in [4.69, 9.17) is 4.98 Å². The van der Waals surface area contributed by atoms with Crippen molar-refractivity contribution >= 4 is 42.6 Å². The number of amides is 1. The largest absolute Gasteiger partial charge is 0.345 e. The van der Waals surface area contributed by atoms with E-state index < -0.39 is 10.0 Å². The SMILES string of the molecule is CCCCN(CC)S(=O)(=O)c1ccc(C(=O)N2CCN(c3nc4ccc(C)cc4s3)CC2)cc1. The fourth-order valence-corrected chi connectivity index (χ4v) is 6.74. The number of nitrogens with zero attached hydrogens (tertiary/aromatic N) is 4. The summed E-state index contributed by atoms with van der Waals surface area (Å²) >= 11 is 1.69. The lowest BCUT2D eigenvalue weighted by Gasteiger charge is -2.34. The van der Waals surface area contributed by atoms with E-state index in [-0.39, 0.29) is 10.8 Å². The van der Waals surface area contributed by atoms with E-state index in [1.807, 2.05) is 18.7 Å². The van der Waals surface area contributed by atoms with Gasteiger partial charge in [0.15, 0.2) is 5.13 Å². The van der Waals surface area contributed by atoms with Crippen molar-refractivity contribution in [2.24, 2.45) is 0 Å². The molecule has 9 heteroatoms. The van der Waals surface area contributed by atoms with Crippen LogP contribution in [0, 0.1) is 6.92 Å². The third-order valence-corrected chi connectivity index (χ3v) is 9.29. The molecule has 0 bridgehead atoms. The van der Waals surface area contributed by atoms with Crippen molar-refractivity contribution in [3.63, 3.8) is 0 Å². The van der Waals surface area contributed by atoms with Crippen LogP contribution in [-0.2, 0) is 10.0 Å². The summed E-state index contributed by atoms with van der Waals surface area (Å²) in [6, 6.07) is 12.6. The Balaban J connectivity index is 1.40. The van der Waals surface area contributed by atoms with E-state index >= 15 is 0 Å². The Labute approximate surface area is 206 Å². The Morgan fingerprint density at radius 3 is 2.41 bits per heavy atom. The Morgan fingerprint density at radius 1 is 1.06 bits per heavy atom. The normalized spacial score (nSPS) is 14.8. The lowest BCUT2D eigenvalue weighted by molar-refractivity contribution is 0.0746. The molecule has 0 unspecified atom stereocenters. The van der Waals surface area contributed by atoms with Crippen LogP contribution < -0.4 is 4.90 Å². The van der Waals surface area contributed by atoms with Crippen molar-refractivity contribution in [1.29, 1.82) is 0 Å². The van der Waals surface area contributed by atoms with Gasteiger partial charge in [-0.1, -0.05) is 37.7 Å². The lowest BCUT2D eigenvalue weighted by Crippen LogP contribution is -2.48. The minimum atomic E-state index is -3.55. The number of hydrogen-bond acceptors (Lipinski definition) is 6. The van der Waals surface area contributed by atoms with Crippen LogP contribution >= 0.6 is 11.3 Å². The van der Waals surface area contributed by atoms with Crippen molar-refractivity contribution in [3.8, 4) is 0 Å². The number of aromatic nitrogens is 1. The summed E-state index contributed by atoms with van der Waals surface area (Å²) in [5, 5.41) is 0.991. The predicted octanol–water partition coefficient (Wildman–Crippen LogP) is 4.38. The number of piperazine rings is 1. The molecule has 3 aromatic rings. The summed E-state index contributed by atoms with van der Waals surface area (Å²) in [5.41, 5.74) is 2.75. The highest BCUT2D eigenvalue weighted by Gasteiger charge is 2.26. The minimum absolute atomic E-state index is 0.0677. The lowest BCUT2D eigenvalue weighted by atomic mass is 10.2. The van der Waals surface area contributed by atoms with Gasteiger partial charge in [-0.05, 0) is 55.3 Å². The van der Waals surface area contributed by atoms with Gasteiger partial charge in [0.2, 0.25) is 10.0 Å². The maximum atomic E-state index is 13.0. The highest BCUT2D eigenvalue weighted by Crippen LogP contribution is 2.30. The first kappa shape index (κ1) is 24.6. The molecule has 0 spiro atoms. The molecular formula is C25H32N4O3S2. The molecule has 182 valence electrons. The molecule has 7 nitrogen and oxygen atoms in total. The van der Waals surface area contributed by atoms with Crippen LogP contribution in [0.15, 0.2) is 47.4 Å². The van der Waals surface area contributed by atoms with E-state index in [1.165, 1.54) is 14.6 Å². The fourth-order valence-electron chi connectivity index (χ4n) is 4.14. The molecule has 2 heterocycles. The second-order valence-corrected chi connectivity index (χ2v) is 11.6. The van der Waals surface area contributed by atoms with Gasteiger partial charge in [0.25, 0.3) is 5.91 Å². The second-order valence-electron chi connectivity index (χ2n) is 8.62. The Hall–Kier alpha value is -2.49. The zero-order valence-electron chi connectivity index (χ0n) is 20.0. The number of unbranched alkanes of at least 4 members (excludes halogenated alkanes) is 1. The van der Waals surface area contributed by atoms with Gasteiger partial charge in [0, 0.05) is 44.8 Å². The van der Waals surface area contributed by atoms with Gasteiger partial charge in [-0.15, -0.1) is 0 Å². The average molecular weight is 501 g/mol.